The molecule has 0 spiro atoms. The number of sulfone groups is 1. The van der Waals surface area contributed by atoms with Gasteiger partial charge < -0.3 is 14.5 Å². The van der Waals surface area contributed by atoms with Crippen LogP contribution in [0.5, 0.6) is 5.75 Å². The normalized spacial score (nSPS) is 25.3. The third-order valence-corrected chi connectivity index (χ3v) is 6.71. The molecule has 1 amide bonds. The number of ether oxygens (including phenoxy) is 1. The highest BCUT2D eigenvalue weighted by Crippen LogP contribution is 2.28. The zero-order chi connectivity index (χ0) is 18.0. The molecule has 1 fully saturated rings. The Bertz CT molecular complexity index is 732. The summed E-state index contributed by atoms with van der Waals surface area (Å²) in [6.45, 7) is 1.67. The molecule has 0 unspecified atom stereocenters. The smallest absolute Gasteiger partial charge is 0.223 e. The fourth-order valence-corrected chi connectivity index (χ4v) is 5.49. The number of carbonyl (C=O) groups excluding carboxylic acids is 1. The lowest BCUT2D eigenvalue weighted by atomic mass is 10.0. The third-order valence-electron chi connectivity index (χ3n) is 4.87. The molecule has 1 saturated heterocycles. The molecule has 0 aliphatic carbocycles. The minimum absolute atomic E-state index is 0.0225. The van der Waals surface area contributed by atoms with Crippen molar-refractivity contribution in [3.8, 4) is 5.75 Å². The molecule has 2 aliphatic heterocycles. The zero-order valence-electron chi connectivity index (χ0n) is 14.8. The third kappa shape index (κ3) is 4.52. The maximum atomic E-state index is 13.0. The van der Waals surface area contributed by atoms with Gasteiger partial charge in [0.2, 0.25) is 5.91 Å². The van der Waals surface area contributed by atoms with Gasteiger partial charge >= 0.3 is 0 Å². The van der Waals surface area contributed by atoms with Gasteiger partial charge in [0, 0.05) is 25.1 Å². The predicted molar refractivity (Wildman–Crippen MR) is 96.2 cm³/mol. The van der Waals surface area contributed by atoms with Gasteiger partial charge in [-0.05, 0) is 32.5 Å². The Morgan fingerprint density at radius 1 is 1.32 bits per heavy atom. The molecule has 1 aromatic rings. The summed E-state index contributed by atoms with van der Waals surface area (Å²) >= 11 is 0. The number of fused-ring (bicyclic) bond motifs is 1. The monoisotopic (exact) mass is 366 g/mol. The second kappa shape index (κ2) is 7.33. The molecule has 0 aromatic heterocycles. The minimum Gasteiger partial charge on any atom is -0.491 e. The van der Waals surface area contributed by atoms with Crippen LogP contribution in [-0.2, 0) is 21.2 Å². The minimum atomic E-state index is -2.96. The van der Waals surface area contributed by atoms with E-state index in [0.717, 1.165) is 11.3 Å². The van der Waals surface area contributed by atoms with Gasteiger partial charge in [-0.1, -0.05) is 18.2 Å². The van der Waals surface area contributed by atoms with E-state index in [4.69, 9.17) is 4.74 Å². The number of hydrogen-bond acceptors (Lipinski definition) is 5. The van der Waals surface area contributed by atoms with Gasteiger partial charge in [0.15, 0.2) is 9.84 Å². The topological polar surface area (TPSA) is 66.9 Å². The Hall–Kier alpha value is -1.60. The SMILES string of the molecule is CN(C)C[C@H]1COc2ccccc2CN1C(=O)C[C@@H]1CCS(=O)(=O)C1. The Morgan fingerprint density at radius 2 is 2.08 bits per heavy atom. The number of carbonyl (C=O) groups is 1. The lowest BCUT2D eigenvalue weighted by Gasteiger charge is -2.32. The quantitative estimate of drug-likeness (QED) is 0.800. The first-order valence-corrected chi connectivity index (χ1v) is 10.5. The second-order valence-electron chi connectivity index (χ2n) is 7.33. The summed E-state index contributed by atoms with van der Waals surface area (Å²) in [5.74, 6) is 1.13. The molecule has 2 heterocycles. The van der Waals surface area contributed by atoms with Crippen molar-refractivity contribution in [2.75, 3.05) is 38.8 Å². The van der Waals surface area contributed by atoms with Crippen LogP contribution in [0.3, 0.4) is 0 Å². The van der Waals surface area contributed by atoms with E-state index >= 15 is 0 Å². The number of benzene rings is 1. The molecular formula is C18H26N2O4S. The van der Waals surface area contributed by atoms with Crippen molar-refractivity contribution in [3.63, 3.8) is 0 Å². The average Bonchev–Trinajstić information content (AvgIpc) is 2.77. The second-order valence-corrected chi connectivity index (χ2v) is 9.56. The van der Waals surface area contributed by atoms with Crippen LogP contribution in [0.15, 0.2) is 24.3 Å². The summed E-state index contributed by atoms with van der Waals surface area (Å²) < 4.78 is 29.3. The van der Waals surface area contributed by atoms with Crippen molar-refractivity contribution in [1.82, 2.24) is 9.80 Å². The predicted octanol–water partition coefficient (Wildman–Crippen LogP) is 1.16. The lowest BCUT2D eigenvalue weighted by molar-refractivity contribution is -0.135. The first-order valence-electron chi connectivity index (χ1n) is 8.69. The van der Waals surface area contributed by atoms with Crippen molar-refractivity contribution in [2.24, 2.45) is 5.92 Å². The maximum Gasteiger partial charge on any atom is 0.223 e. The molecule has 2 atom stereocenters. The van der Waals surface area contributed by atoms with Gasteiger partial charge in [-0.3, -0.25) is 4.79 Å². The van der Waals surface area contributed by atoms with E-state index in [1.165, 1.54) is 0 Å². The molecule has 0 saturated carbocycles. The van der Waals surface area contributed by atoms with Crippen molar-refractivity contribution in [1.29, 1.82) is 0 Å². The lowest BCUT2D eigenvalue weighted by Crippen LogP contribution is -2.47. The van der Waals surface area contributed by atoms with Crippen LogP contribution in [0, 0.1) is 5.92 Å². The van der Waals surface area contributed by atoms with Crippen molar-refractivity contribution in [3.05, 3.63) is 29.8 Å². The van der Waals surface area contributed by atoms with Gasteiger partial charge in [0.05, 0.1) is 17.5 Å². The summed E-state index contributed by atoms with van der Waals surface area (Å²) in [5, 5.41) is 0. The molecule has 0 radical (unpaired) electrons. The maximum absolute atomic E-state index is 13.0. The Morgan fingerprint density at radius 3 is 2.76 bits per heavy atom. The first kappa shape index (κ1) is 18.2. The highest BCUT2D eigenvalue weighted by Gasteiger charge is 2.34. The number of rotatable bonds is 4. The van der Waals surface area contributed by atoms with Gasteiger partial charge in [-0.25, -0.2) is 8.42 Å². The van der Waals surface area contributed by atoms with E-state index in [9.17, 15) is 13.2 Å². The van der Waals surface area contributed by atoms with Crippen molar-refractivity contribution in [2.45, 2.75) is 25.4 Å². The molecule has 3 rings (SSSR count). The molecule has 0 bridgehead atoms. The molecule has 138 valence electrons. The van der Waals surface area contributed by atoms with Crippen LogP contribution < -0.4 is 4.74 Å². The number of para-hydroxylation sites is 1. The van der Waals surface area contributed by atoms with E-state index in [-0.39, 0.29) is 29.4 Å². The Kier molecular flexibility index (Phi) is 5.34. The van der Waals surface area contributed by atoms with Crippen LogP contribution >= 0.6 is 0 Å². The van der Waals surface area contributed by atoms with Crippen molar-refractivity contribution < 1.29 is 17.9 Å². The Labute approximate surface area is 149 Å². The summed E-state index contributed by atoms with van der Waals surface area (Å²) in [5.41, 5.74) is 0.996. The number of hydrogen-bond donors (Lipinski definition) is 0. The highest BCUT2D eigenvalue weighted by atomic mass is 32.2. The van der Waals surface area contributed by atoms with Gasteiger partial charge in [-0.15, -0.1) is 0 Å². The van der Waals surface area contributed by atoms with E-state index in [1.807, 2.05) is 48.2 Å². The molecular weight excluding hydrogens is 340 g/mol. The summed E-state index contributed by atoms with van der Waals surface area (Å²) in [4.78, 5) is 16.9. The van der Waals surface area contributed by atoms with Crippen LogP contribution in [0.2, 0.25) is 0 Å². The van der Waals surface area contributed by atoms with Crippen LogP contribution in [0.4, 0.5) is 0 Å². The first-order chi connectivity index (χ1) is 11.8. The fraction of sp³-hybridized carbons (Fsp3) is 0.611. The van der Waals surface area contributed by atoms with E-state index in [2.05, 4.69) is 0 Å². The fourth-order valence-electron chi connectivity index (χ4n) is 3.63. The summed E-state index contributed by atoms with van der Waals surface area (Å²) in [6, 6.07) is 7.74. The van der Waals surface area contributed by atoms with E-state index in [1.54, 1.807) is 0 Å². The molecule has 7 heteroatoms. The van der Waals surface area contributed by atoms with E-state index < -0.39 is 9.84 Å². The Balaban J connectivity index is 1.77. The van der Waals surface area contributed by atoms with Crippen LogP contribution in [-0.4, -0.2) is 68.9 Å². The molecule has 2 aliphatic rings. The average molecular weight is 366 g/mol. The van der Waals surface area contributed by atoms with Crippen molar-refractivity contribution >= 4 is 15.7 Å². The molecule has 1 aromatic carbocycles. The zero-order valence-corrected chi connectivity index (χ0v) is 15.7. The van der Waals surface area contributed by atoms with Crippen LogP contribution in [0.1, 0.15) is 18.4 Å². The van der Waals surface area contributed by atoms with E-state index in [0.29, 0.717) is 32.5 Å². The number of likely N-dealkylation sites (N-methyl/N-ethyl adjacent to an activating group) is 1. The van der Waals surface area contributed by atoms with Crippen LogP contribution in [0.25, 0.3) is 0 Å². The largest absolute Gasteiger partial charge is 0.491 e. The molecule has 6 nitrogen and oxygen atoms in total. The molecule has 0 N–H and O–H groups in total. The standard InChI is InChI=1S/C18H26N2O4S/c1-19(2)11-16-12-24-17-6-4-3-5-15(17)10-20(16)18(21)9-14-7-8-25(22,23)13-14/h3-6,14,16H,7-13H2,1-2H3/t14-,16-/m0/s1. The summed E-state index contributed by atoms with van der Waals surface area (Å²) in [6.07, 6.45) is 0.888. The summed E-state index contributed by atoms with van der Waals surface area (Å²) in [7, 11) is 0.989. The molecule has 25 heavy (non-hydrogen) atoms. The van der Waals surface area contributed by atoms with Gasteiger partial charge in [0.1, 0.15) is 12.4 Å². The van der Waals surface area contributed by atoms with Gasteiger partial charge in [0.25, 0.3) is 0 Å². The number of amides is 1. The van der Waals surface area contributed by atoms with Gasteiger partial charge in [-0.2, -0.15) is 0 Å². The highest BCUT2D eigenvalue weighted by molar-refractivity contribution is 7.91. The number of nitrogens with zero attached hydrogens (tertiary/aromatic N) is 2.